The van der Waals surface area contributed by atoms with Gasteiger partial charge in [-0.1, -0.05) is 61.2 Å². The molecule has 1 aromatic heterocycles. The van der Waals surface area contributed by atoms with E-state index in [1.807, 2.05) is 54.6 Å². The first-order valence-corrected chi connectivity index (χ1v) is 9.94. The summed E-state index contributed by atoms with van der Waals surface area (Å²) in [7, 11) is 0. The molecule has 4 aromatic rings. The predicted molar refractivity (Wildman–Crippen MR) is 113 cm³/mol. The standard InChI is InChI=1S/C25H17FN2O3/c1-2-24(16-8-4-3-5-9-16)15-30-25(31-24)19-10-6-7-11-21(19)28-22(29)18-14-17(26)12-13-20(18)27-23(25)28/h2-14H,1,15H2. The monoisotopic (exact) mass is 412 g/mol. The number of rotatable bonds is 2. The third-order valence-corrected chi connectivity index (χ3v) is 6.03. The number of fused-ring (bicyclic) bond motifs is 6. The van der Waals surface area contributed by atoms with Crippen molar-refractivity contribution in [3.05, 3.63) is 119 Å². The van der Waals surface area contributed by atoms with Crippen LogP contribution in [0.3, 0.4) is 0 Å². The van der Waals surface area contributed by atoms with Crippen LogP contribution in [0.25, 0.3) is 16.6 Å². The van der Waals surface area contributed by atoms with Gasteiger partial charge in [0, 0.05) is 5.56 Å². The third kappa shape index (κ3) is 2.31. The highest BCUT2D eigenvalue weighted by Gasteiger charge is 2.58. The number of para-hydroxylation sites is 1. The van der Waals surface area contributed by atoms with Gasteiger partial charge < -0.3 is 9.47 Å². The van der Waals surface area contributed by atoms with E-state index in [0.29, 0.717) is 22.6 Å². The summed E-state index contributed by atoms with van der Waals surface area (Å²) in [5.74, 6) is -1.56. The first kappa shape index (κ1) is 18.2. The zero-order valence-electron chi connectivity index (χ0n) is 16.4. The molecule has 2 aliphatic rings. The van der Waals surface area contributed by atoms with Crippen LogP contribution >= 0.6 is 0 Å². The van der Waals surface area contributed by atoms with Crippen LogP contribution in [0.1, 0.15) is 17.0 Å². The van der Waals surface area contributed by atoms with E-state index in [4.69, 9.17) is 14.5 Å². The highest BCUT2D eigenvalue weighted by molar-refractivity contribution is 5.79. The Hall–Kier alpha value is -3.61. The number of hydrogen-bond acceptors (Lipinski definition) is 4. The summed E-state index contributed by atoms with van der Waals surface area (Å²) < 4.78 is 28.3. The molecule has 1 saturated heterocycles. The molecule has 1 spiro atoms. The summed E-state index contributed by atoms with van der Waals surface area (Å²) in [6, 6.07) is 21.0. The van der Waals surface area contributed by atoms with Gasteiger partial charge in [-0.25, -0.2) is 9.37 Å². The minimum absolute atomic E-state index is 0.201. The maximum absolute atomic E-state index is 13.9. The van der Waals surface area contributed by atoms with Crippen molar-refractivity contribution in [3.8, 4) is 5.69 Å². The van der Waals surface area contributed by atoms with Gasteiger partial charge in [0.1, 0.15) is 11.4 Å². The second-order valence-electron chi connectivity index (χ2n) is 7.72. The van der Waals surface area contributed by atoms with Crippen molar-refractivity contribution < 1.29 is 13.9 Å². The van der Waals surface area contributed by atoms with Crippen LogP contribution in [0.4, 0.5) is 4.39 Å². The smallest absolute Gasteiger partial charge is 0.266 e. The summed E-state index contributed by atoms with van der Waals surface area (Å²) in [4.78, 5) is 18.1. The highest BCUT2D eigenvalue weighted by atomic mass is 19.1. The number of nitrogens with zero attached hydrogens (tertiary/aromatic N) is 2. The summed E-state index contributed by atoms with van der Waals surface area (Å²) in [5.41, 5.74) is 1.27. The minimum Gasteiger partial charge on any atom is -0.336 e. The summed E-state index contributed by atoms with van der Waals surface area (Å²) in [5, 5.41) is 0.201. The van der Waals surface area contributed by atoms with Crippen molar-refractivity contribution >= 4 is 10.9 Å². The topological polar surface area (TPSA) is 53.4 Å². The van der Waals surface area contributed by atoms with Crippen molar-refractivity contribution in [3.63, 3.8) is 0 Å². The van der Waals surface area contributed by atoms with E-state index in [2.05, 4.69) is 6.58 Å². The molecule has 0 N–H and O–H groups in total. The zero-order chi connectivity index (χ0) is 21.2. The van der Waals surface area contributed by atoms with Gasteiger partial charge in [0.05, 0.1) is 23.2 Å². The molecule has 0 aliphatic carbocycles. The maximum atomic E-state index is 13.9. The van der Waals surface area contributed by atoms with Crippen LogP contribution in [0.2, 0.25) is 0 Å². The van der Waals surface area contributed by atoms with Crippen LogP contribution in [0.5, 0.6) is 0 Å². The fourth-order valence-corrected chi connectivity index (χ4v) is 4.52. The van der Waals surface area contributed by atoms with Crippen molar-refractivity contribution in [2.24, 2.45) is 0 Å². The Balaban J connectivity index is 1.65. The second kappa shape index (κ2) is 6.20. The molecule has 5 nitrogen and oxygen atoms in total. The first-order chi connectivity index (χ1) is 15.1. The van der Waals surface area contributed by atoms with Gasteiger partial charge in [-0.3, -0.25) is 9.36 Å². The zero-order valence-corrected chi connectivity index (χ0v) is 16.4. The number of aromatic nitrogens is 2. The van der Waals surface area contributed by atoms with E-state index in [-0.39, 0.29) is 17.6 Å². The summed E-state index contributed by atoms with van der Waals surface area (Å²) in [6.45, 7) is 4.20. The van der Waals surface area contributed by atoms with E-state index >= 15 is 0 Å². The molecule has 3 aromatic carbocycles. The van der Waals surface area contributed by atoms with Crippen LogP contribution in [-0.2, 0) is 20.9 Å². The van der Waals surface area contributed by atoms with Gasteiger partial charge in [0.15, 0.2) is 5.82 Å². The Morgan fingerprint density at radius 2 is 1.84 bits per heavy atom. The largest absolute Gasteiger partial charge is 0.336 e. The van der Waals surface area contributed by atoms with Crippen molar-refractivity contribution in [2.75, 3.05) is 6.61 Å². The van der Waals surface area contributed by atoms with E-state index in [9.17, 15) is 9.18 Å². The number of hydrogen-bond donors (Lipinski definition) is 0. The quantitative estimate of drug-likeness (QED) is 0.464. The van der Waals surface area contributed by atoms with Crippen molar-refractivity contribution in [1.82, 2.24) is 9.55 Å². The van der Waals surface area contributed by atoms with Crippen molar-refractivity contribution in [2.45, 2.75) is 11.4 Å². The average Bonchev–Trinajstić information content (AvgIpc) is 3.34. The molecule has 0 radical (unpaired) electrons. The molecule has 31 heavy (non-hydrogen) atoms. The lowest BCUT2D eigenvalue weighted by molar-refractivity contribution is -0.159. The van der Waals surface area contributed by atoms with Gasteiger partial charge in [-0.2, -0.15) is 0 Å². The van der Waals surface area contributed by atoms with E-state index in [1.54, 1.807) is 6.08 Å². The number of benzene rings is 3. The van der Waals surface area contributed by atoms with E-state index in [0.717, 1.165) is 5.56 Å². The van der Waals surface area contributed by atoms with Gasteiger partial charge in [0.2, 0.25) is 0 Å². The molecule has 1 fully saturated rings. The summed E-state index contributed by atoms with van der Waals surface area (Å²) >= 11 is 0. The second-order valence-corrected chi connectivity index (χ2v) is 7.72. The molecule has 2 unspecified atom stereocenters. The van der Waals surface area contributed by atoms with Gasteiger partial charge in [-0.05, 0) is 29.8 Å². The lowest BCUT2D eigenvalue weighted by atomic mass is 9.95. The Bertz CT molecular complexity index is 1430. The molecule has 2 atom stereocenters. The fourth-order valence-electron chi connectivity index (χ4n) is 4.52. The van der Waals surface area contributed by atoms with Crippen LogP contribution in [0.15, 0.2) is 90.2 Å². The van der Waals surface area contributed by atoms with Gasteiger partial charge in [-0.15, -0.1) is 0 Å². The molecule has 0 saturated carbocycles. The van der Waals surface area contributed by atoms with Crippen LogP contribution in [-0.4, -0.2) is 16.2 Å². The molecule has 6 rings (SSSR count). The lowest BCUT2D eigenvalue weighted by Gasteiger charge is -2.28. The Morgan fingerprint density at radius 1 is 1.06 bits per heavy atom. The number of halogens is 1. The van der Waals surface area contributed by atoms with Crippen molar-refractivity contribution in [1.29, 1.82) is 0 Å². The molecular formula is C25H17FN2O3. The molecule has 6 heteroatoms. The Labute approximate surface area is 177 Å². The molecule has 0 bridgehead atoms. The van der Waals surface area contributed by atoms with Crippen LogP contribution in [0, 0.1) is 5.82 Å². The molecular weight excluding hydrogens is 395 g/mol. The normalized spacial score (nSPS) is 23.8. The minimum atomic E-state index is -1.39. The highest BCUT2D eigenvalue weighted by Crippen LogP contribution is 2.52. The van der Waals surface area contributed by atoms with Gasteiger partial charge >= 0.3 is 0 Å². The van der Waals surface area contributed by atoms with Crippen LogP contribution < -0.4 is 5.56 Å². The van der Waals surface area contributed by atoms with Gasteiger partial charge in [0.25, 0.3) is 11.3 Å². The lowest BCUT2D eigenvalue weighted by Crippen LogP contribution is -2.34. The fraction of sp³-hybridized carbons (Fsp3) is 0.120. The molecule has 152 valence electrons. The number of ether oxygens (including phenoxy) is 2. The predicted octanol–water partition coefficient (Wildman–Crippen LogP) is 4.17. The summed E-state index contributed by atoms with van der Waals surface area (Å²) in [6.07, 6.45) is 1.72. The Kier molecular flexibility index (Phi) is 3.64. The third-order valence-electron chi connectivity index (χ3n) is 6.03. The first-order valence-electron chi connectivity index (χ1n) is 9.94. The molecule has 0 amide bonds. The average molecular weight is 412 g/mol. The molecule has 3 heterocycles. The van der Waals surface area contributed by atoms with E-state index < -0.39 is 17.2 Å². The molecule has 2 aliphatic heterocycles. The van der Waals surface area contributed by atoms with E-state index in [1.165, 1.54) is 22.8 Å². The Morgan fingerprint density at radius 3 is 2.65 bits per heavy atom. The SMILES string of the molecule is C=CC1(c2ccccc2)COC2(O1)c1ccccc1-n1c2nc2ccc(F)cc2c1=O. The maximum Gasteiger partial charge on any atom is 0.266 e.